The Morgan fingerprint density at radius 2 is 1.38 bits per heavy atom. The van der Waals surface area contributed by atoms with Crippen LogP contribution in [-0.2, 0) is 15.1 Å². The molecular formula is C27H28O7. The SMILES string of the molecule is COc1cc(/C=C/COC(c2ccccc2)(c2ccccc2)C(O)C(=O)O)cc(OC)c1OC. The van der Waals surface area contributed by atoms with Crippen molar-refractivity contribution in [3.63, 3.8) is 0 Å². The average molecular weight is 465 g/mol. The Morgan fingerprint density at radius 1 is 0.882 bits per heavy atom. The van der Waals surface area contributed by atoms with E-state index in [0.717, 1.165) is 5.56 Å². The van der Waals surface area contributed by atoms with E-state index in [1.807, 2.05) is 12.1 Å². The van der Waals surface area contributed by atoms with Crippen LogP contribution in [0.4, 0.5) is 0 Å². The van der Waals surface area contributed by atoms with Crippen molar-refractivity contribution in [3.8, 4) is 17.2 Å². The number of aliphatic hydroxyl groups is 1. The highest BCUT2D eigenvalue weighted by molar-refractivity contribution is 5.75. The molecule has 0 fully saturated rings. The first-order valence-electron chi connectivity index (χ1n) is 10.6. The molecule has 34 heavy (non-hydrogen) atoms. The Hall–Kier alpha value is -3.81. The maximum atomic E-state index is 12.0. The number of rotatable bonds is 11. The molecule has 0 radical (unpaired) electrons. The standard InChI is InChI=1S/C27H28O7/c1-31-22-17-19(18-23(32-2)24(22)33-3)11-10-16-34-27(25(28)26(29)30,20-12-6-4-7-13-20)21-14-8-5-9-15-21/h4-15,17-18,25,28H,16H2,1-3H3,(H,29,30)/b11-10+. The van der Waals surface area contributed by atoms with Crippen LogP contribution in [0.3, 0.4) is 0 Å². The van der Waals surface area contributed by atoms with Crippen LogP contribution >= 0.6 is 0 Å². The molecule has 2 N–H and O–H groups in total. The van der Waals surface area contributed by atoms with Crippen molar-refractivity contribution in [2.45, 2.75) is 11.7 Å². The van der Waals surface area contributed by atoms with Gasteiger partial charge in [-0.05, 0) is 28.8 Å². The molecule has 178 valence electrons. The van der Waals surface area contributed by atoms with Crippen LogP contribution in [0, 0.1) is 0 Å². The first kappa shape index (κ1) is 24.8. The van der Waals surface area contributed by atoms with Crippen LogP contribution in [0.1, 0.15) is 16.7 Å². The van der Waals surface area contributed by atoms with Gasteiger partial charge in [-0.2, -0.15) is 0 Å². The number of aliphatic hydroxyl groups excluding tert-OH is 1. The van der Waals surface area contributed by atoms with Gasteiger partial charge in [0.15, 0.2) is 23.2 Å². The first-order chi connectivity index (χ1) is 16.5. The topological polar surface area (TPSA) is 94.5 Å². The molecule has 0 bridgehead atoms. The predicted octanol–water partition coefficient (Wildman–Crippen LogP) is 4.13. The van der Waals surface area contributed by atoms with Crippen molar-refractivity contribution in [1.29, 1.82) is 0 Å². The van der Waals surface area contributed by atoms with Crippen molar-refractivity contribution in [3.05, 3.63) is 95.6 Å². The minimum atomic E-state index is -1.84. The lowest BCUT2D eigenvalue weighted by molar-refractivity contribution is -0.165. The lowest BCUT2D eigenvalue weighted by Crippen LogP contribution is -2.47. The monoisotopic (exact) mass is 464 g/mol. The van der Waals surface area contributed by atoms with Crippen molar-refractivity contribution in [2.75, 3.05) is 27.9 Å². The van der Waals surface area contributed by atoms with E-state index in [1.54, 1.807) is 72.8 Å². The zero-order chi connectivity index (χ0) is 24.6. The van der Waals surface area contributed by atoms with Gasteiger partial charge in [-0.3, -0.25) is 0 Å². The molecule has 0 saturated carbocycles. The van der Waals surface area contributed by atoms with Crippen molar-refractivity contribution in [2.24, 2.45) is 0 Å². The van der Waals surface area contributed by atoms with Gasteiger partial charge in [-0.25, -0.2) is 4.79 Å². The Bertz CT molecular complexity index is 1050. The number of ether oxygens (including phenoxy) is 4. The molecule has 1 atom stereocenters. The number of aliphatic carboxylic acids is 1. The lowest BCUT2D eigenvalue weighted by atomic mass is 9.81. The van der Waals surface area contributed by atoms with Crippen LogP contribution in [0.2, 0.25) is 0 Å². The number of methoxy groups -OCH3 is 3. The summed E-state index contributed by atoms with van der Waals surface area (Å²) in [5, 5.41) is 20.6. The van der Waals surface area contributed by atoms with Gasteiger partial charge in [0.1, 0.15) is 0 Å². The van der Waals surface area contributed by atoms with Gasteiger partial charge < -0.3 is 29.2 Å². The molecule has 0 aromatic heterocycles. The molecule has 0 saturated heterocycles. The second-order valence-electron chi connectivity index (χ2n) is 7.38. The number of hydrogen-bond donors (Lipinski definition) is 2. The fraction of sp³-hybridized carbons (Fsp3) is 0.222. The minimum absolute atomic E-state index is 0.0186. The highest BCUT2D eigenvalue weighted by Crippen LogP contribution is 2.39. The Balaban J connectivity index is 1.97. The average Bonchev–Trinajstić information content (AvgIpc) is 2.88. The van der Waals surface area contributed by atoms with Gasteiger partial charge in [-0.1, -0.05) is 72.8 Å². The zero-order valence-corrected chi connectivity index (χ0v) is 19.3. The molecule has 3 aromatic carbocycles. The second-order valence-corrected chi connectivity index (χ2v) is 7.38. The summed E-state index contributed by atoms with van der Waals surface area (Å²) in [7, 11) is 4.61. The lowest BCUT2D eigenvalue weighted by Gasteiger charge is -2.37. The summed E-state index contributed by atoms with van der Waals surface area (Å²) in [6, 6.07) is 21.2. The van der Waals surface area contributed by atoms with E-state index >= 15 is 0 Å². The van der Waals surface area contributed by atoms with Gasteiger partial charge >= 0.3 is 5.97 Å². The van der Waals surface area contributed by atoms with Crippen LogP contribution in [0.15, 0.2) is 78.9 Å². The minimum Gasteiger partial charge on any atom is -0.493 e. The van der Waals surface area contributed by atoms with E-state index in [9.17, 15) is 15.0 Å². The second kappa shape index (κ2) is 11.4. The summed E-state index contributed by atoms with van der Waals surface area (Å²) in [5.41, 5.74) is 0.199. The summed E-state index contributed by atoms with van der Waals surface area (Å²) in [6.07, 6.45) is 1.68. The van der Waals surface area contributed by atoms with E-state index in [-0.39, 0.29) is 6.61 Å². The molecular weight excluding hydrogens is 436 g/mol. The largest absolute Gasteiger partial charge is 0.493 e. The third kappa shape index (κ3) is 5.06. The van der Waals surface area contributed by atoms with Crippen molar-refractivity contribution >= 4 is 12.0 Å². The maximum Gasteiger partial charge on any atom is 0.336 e. The van der Waals surface area contributed by atoms with E-state index < -0.39 is 17.7 Å². The summed E-state index contributed by atoms with van der Waals surface area (Å²) in [5.74, 6) is 0.106. The molecule has 0 aliphatic rings. The Labute approximate surface area is 198 Å². The first-order valence-corrected chi connectivity index (χ1v) is 10.6. The van der Waals surface area contributed by atoms with E-state index in [4.69, 9.17) is 18.9 Å². The summed E-state index contributed by atoms with van der Waals surface area (Å²) >= 11 is 0. The van der Waals surface area contributed by atoms with E-state index in [2.05, 4.69) is 0 Å². The molecule has 0 aliphatic carbocycles. The van der Waals surface area contributed by atoms with Crippen molar-refractivity contribution in [1.82, 2.24) is 0 Å². The highest BCUT2D eigenvalue weighted by atomic mass is 16.5. The number of carboxylic acid groups (broad SMARTS) is 1. The van der Waals surface area contributed by atoms with Gasteiger partial charge in [0, 0.05) is 0 Å². The number of carbonyl (C=O) groups is 1. The van der Waals surface area contributed by atoms with Crippen LogP contribution in [-0.4, -0.2) is 50.2 Å². The third-order valence-corrected chi connectivity index (χ3v) is 5.43. The summed E-state index contributed by atoms with van der Waals surface area (Å²) in [4.78, 5) is 12.0. The van der Waals surface area contributed by atoms with Crippen molar-refractivity contribution < 1.29 is 34.0 Å². The Morgan fingerprint density at radius 3 is 1.79 bits per heavy atom. The van der Waals surface area contributed by atoms with Crippen LogP contribution in [0.25, 0.3) is 6.08 Å². The quantitative estimate of drug-likeness (QED) is 0.441. The van der Waals surface area contributed by atoms with Gasteiger partial charge in [0.05, 0.1) is 27.9 Å². The smallest absolute Gasteiger partial charge is 0.336 e. The van der Waals surface area contributed by atoms with Gasteiger partial charge in [-0.15, -0.1) is 0 Å². The molecule has 7 heteroatoms. The maximum absolute atomic E-state index is 12.0. The molecule has 3 aromatic rings. The van der Waals surface area contributed by atoms with Crippen LogP contribution < -0.4 is 14.2 Å². The molecule has 0 amide bonds. The van der Waals surface area contributed by atoms with Gasteiger partial charge in [0.2, 0.25) is 5.75 Å². The third-order valence-electron chi connectivity index (χ3n) is 5.43. The number of hydrogen-bond acceptors (Lipinski definition) is 6. The molecule has 7 nitrogen and oxygen atoms in total. The normalized spacial score (nSPS) is 12.4. The number of benzene rings is 3. The summed E-state index contributed by atoms with van der Waals surface area (Å²) < 4.78 is 22.3. The molecule has 3 rings (SSSR count). The molecule has 0 spiro atoms. The highest BCUT2D eigenvalue weighted by Gasteiger charge is 2.46. The Kier molecular flexibility index (Phi) is 8.29. The number of carboxylic acids is 1. The predicted molar refractivity (Wildman–Crippen MR) is 128 cm³/mol. The van der Waals surface area contributed by atoms with Crippen LogP contribution in [0.5, 0.6) is 17.2 Å². The fourth-order valence-electron chi connectivity index (χ4n) is 3.83. The fourth-order valence-corrected chi connectivity index (χ4v) is 3.83. The zero-order valence-electron chi connectivity index (χ0n) is 19.3. The molecule has 0 heterocycles. The van der Waals surface area contributed by atoms with Gasteiger partial charge in [0.25, 0.3) is 0 Å². The molecule has 1 unspecified atom stereocenters. The van der Waals surface area contributed by atoms with E-state index in [0.29, 0.717) is 28.4 Å². The molecule has 0 aliphatic heterocycles. The van der Waals surface area contributed by atoms with E-state index in [1.165, 1.54) is 21.3 Å². The summed E-state index contributed by atoms with van der Waals surface area (Å²) in [6.45, 7) is 0.0186.